The molecular formula is C33H47F3N4O4S. The van der Waals surface area contributed by atoms with Crippen LogP contribution in [0.25, 0.3) is 0 Å². The van der Waals surface area contributed by atoms with E-state index in [0.29, 0.717) is 43.7 Å². The SMILES string of the molecule is CC.NC1CCN(C=O)CC1.O=C(c1ccc(OC(F)(F)F)cc1)N1CCN(Sc2ccc(OCC3CCCCC3)cc2)CC1. The Labute approximate surface area is 269 Å². The largest absolute Gasteiger partial charge is 0.573 e. The molecule has 2 heterocycles. The van der Waals surface area contributed by atoms with E-state index < -0.39 is 6.36 Å². The Balaban J connectivity index is 0.000000427. The third-order valence-electron chi connectivity index (χ3n) is 7.85. The molecule has 45 heavy (non-hydrogen) atoms. The molecule has 2 N–H and O–H groups in total. The first kappa shape index (κ1) is 36.5. The number of alkyl halides is 3. The Kier molecular flexibility index (Phi) is 15.3. The molecule has 250 valence electrons. The molecule has 3 aliphatic rings. The maximum absolute atomic E-state index is 12.7. The highest BCUT2D eigenvalue weighted by atomic mass is 32.2. The van der Waals surface area contributed by atoms with Gasteiger partial charge in [-0.2, -0.15) is 0 Å². The van der Waals surface area contributed by atoms with Crippen molar-refractivity contribution in [2.75, 3.05) is 45.9 Å². The van der Waals surface area contributed by atoms with E-state index in [2.05, 4.69) is 21.2 Å². The first-order valence-corrected chi connectivity index (χ1v) is 16.7. The van der Waals surface area contributed by atoms with Crippen molar-refractivity contribution >= 4 is 24.3 Å². The Bertz CT molecular complexity index is 1130. The Morgan fingerprint density at radius 1 is 0.867 bits per heavy atom. The number of amides is 2. The van der Waals surface area contributed by atoms with Gasteiger partial charge in [0, 0.05) is 55.8 Å². The minimum Gasteiger partial charge on any atom is -0.493 e. The summed E-state index contributed by atoms with van der Waals surface area (Å²) in [5, 5.41) is 0. The number of hydrogen-bond acceptors (Lipinski definition) is 7. The quantitative estimate of drug-likeness (QED) is 0.254. The number of benzene rings is 2. The van der Waals surface area contributed by atoms with Gasteiger partial charge in [-0.15, -0.1) is 13.2 Å². The smallest absolute Gasteiger partial charge is 0.493 e. The molecule has 12 heteroatoms. The van der Waals surface area contributed by atoms with Gasteiger partial charge in [0.05, 0.1) is 6.61 Å². The van der Waals surface area contributed by atoms with E-state index in [-0.39, 0.29) is 11.7 Å². The van der Waals surface area contributed by atoms with Gasteiger partial charge >= 0.3 is 6.36 Å². The lowest BCUT2D eigenvalue weighted by Crippen LogP contribution is -2.46. The van der Waals surface area contributed by atoms with Crippen LogP contribution in [0.5, 0.6) is 11.5 Å². The van der Waals surface area contributed by atoms with Crippen molar-refractivity contribution in [3.63, 3.8) is 0 Å². The average molecular weight is 653 g/mol. The molecule has 0 bridgehead atoms. The molecule has 1 aliphatic carbocycles. The number of nitrogens with zero attached hydrogens (tertiary/aromatic N) is 3. The van der Waals surface area contributed by atoms with Crippen LogP contribution in [0.3, 0.4) is 0 Å². The fourth-order valence-electron chi connectivity index (χ4n) is 5.30. The number of carbonyl (C=O) groups excluding carboxylic acids is 2. The highest BCUT2D eigenvalue weighted by Crippen LogP contribution is 2.28. The lowest BCUT2D eigenvalue weighted by Gasteiger charge is -2.34. The second-order valence-electron chi connectivity index (χ2n) is 11.1. The molecular weight excluding hydrogens is 605 g/mol. The summed E-state index contributed by atoms with van der Waals surface area (Å²) < 4.78 is 48.9. The third-order valence-corrected chi connectivity index (χ3v) is 8.96. The van der Waals surface area contributed by atoms with Crippen LogP contribution in [-0.4, -0.2) is 84.7 Å². The minimum atomic E-state index is -4.75. The molecule has 0 spiro atoms. The van der Waals surface area contributed by atoms with Crippen molar-refractivity contribution in [1.29, 1.82) is 0 Å². The fourth-order valence-corrected chi connectivity index (χ4v) is 6.20. The zero-order chi connectivity index (χ0) is 32.7. The number of hydrogen-bond donors (Lipinski definition) is 1. The maximum Gasteiger partial charge on any atom is 0.573 e. The van der Waals surface area contributed by atoms with Gasteiger partial charge in [-0.3, -0.25) is 9.59 Å². The molecule has 5 rings (SSSR count). The number of piperazine rings is 1. The molecule has 0 atom stereocenters. The first-order chi connectivity index (χ1) is 21.7. The second-order valence-corrected chi connectivity index (χ2v) is 12.3. The maximum atomic E-state index is 12.7. The molecule has 2 aromatic carbocycles. The normalized spacial score (nSPS) is 18.2. The van der Waals surface area contributed by atoms with Crippen LogP contribution in [0.15, 0.2) is 53.4 Å². The van der Waals surface area contributed by atoms with Gasteiger partial charge in [0.2, 0.25) is 6.41 Å². The van der Waals surface area contributed by atoms with Crippen molar-refractivity contribution < 1.29 is 32.2 Å². The summed E-state index contributed by atoms with van der Waals surface area (Å²) in [5.41, 5.74) is 5.96. The van der Waals surface area contributed by atoms with Gasteiger partial charge in [-0.25, -0.2) is 4.31 Å². The fraction of sp³-hybridized carbons (Fsp3) is 0.576. The summed E-state index contributed by atoms with van der Waals surface area (Å²) in [7, 11) is 0. The van der Waals surface area contributed by atoms with Crippen molar-refractivity contribution in [2.24, 2.45) is 11.7 Å². The summed E-state index contributed by atoms with van der Waals surface area (Å²) in [6, 6.07) is 13.5. The van der Waals surface area contributed by atoms with Crippen LogP contribution in [0.2, 0.25) is 0 Å². The second kappa shape index (κ2) is 18.9. The van der Waals surface area contributed by atoms with Crippen LogP contribution >= 0.6 is 11.9 Å². The molecule has 0 radical (unpaired) electrons. The van der Waals surface area contributed by atoms with Crippen LogP contribution in [0.4, 0.5) is 13.2 Å². The van der Waals surface area contributed by atoms with Gasteiger partial charge < -0.3 is 25.0 Å². The van der Waals surface area contributed by atoms with E-state index in [1.165, 1.54) is 44.2 Å². The molecule has 8 nitrogen and oxygen atoms in total. The number of ether oxygens (including phenoxy) is 2. The molecule has 3 fully saturated rings. The Morgan fingerprint density at radius 2 is 1.44 bits per heavy atom. The van der Waals surface area contributed by atoms with Crippen LogP contribution < -0.4 is 15.2 Å². The Morgan fingerprint density at radius 3 is 2.00 bits per heavy atom. The van der Waals surface area contributed by atoms with Gasteiger partial charge in [0.15, 0.2) is 0 Å². The summed E-state index contributed by atoms with van der Waals surface area (Å²) in [5.74, 6) is 1.04. The minimum absolute atomic E-state index is 0.192. The van der Waals surface area contributed by atoms with Crippen LogP contribution in [0, 0.1) is 5.92 Å². The number of piperidine rings is 1. The summed E-state index contributed by atoms with van der Waals surface area (Å²) in [6.07, 6.45) is 4.56. The predicted octanol–water partition coefficient (Wildman–Crippen LogP) is 6.60. The van der Waals surface area contributed by atoms with Gasteiger partial charge in [-0.1, -0.05) is 33.1 Å². The van der Waals surface area contributed by atoms with E-state index >= 15 is 0 Å². The van der Waals surface area contributed by atoms with E-state index in [1.54, 1.807) is 21.7 Å². The molecule has 2 aromatic rings. The number of halogens is 3. The zero-order valence-electron chi connectivity index (χ0n) is 26.3. The highest BCUT2D eigenvalue weighted by Gasteiger charge is 2.31. The van der Waals surface area contributed by atoms with E-state index in [0.717, 1.165) is 61.7 Å². The van der Waals surface area contributed by atoms with E-state index in [9.17, 15) is 22.8 Å². The zero-order valence-corrected chi connectivity index (χ0v) is 27.2. The number of rotatable bonds is 8. The lowest BCUT2D eigenvalue weighted by molar-refractivity contribution is -0.274. The molecule has 2 amide bonds. The summed E-state index contributed by atoms with van der Waals surface area (Å²) in [6.45, 7) is 8.97. The third kappa shape index (κ3) is 13.1. The Hall–Kier alpha value is -2.96. The van der Waals surface area contributed by atoms with Crippen molar-refractivity contribution in [2.45, 2.75) is 76.1 Å². The molecule has 2 aliphatic heterocycles. The van der Waals surface area contributed by atoms with Gasteiger partial charge in [0.1, 0.15) is 11.5 Å². The number of likely N-dealkylation sites (tertiary alicyclic amines) is 1. The lowest BCUT2D eigenvalue weighted by atomic mass is 9.90. The van der Waals surface area contributed by atoms with Crippen LogP contribution in [0.1, 0.15) is 69.2 Å². The standard InChI is InChI=1S/C25H29F3N2O3S.C6H12N2O.C2H6/c26-25(27,28)33-22-8-6-20(7-9-22)24(31)29-14-16-30(17-15-29)34-23-12-10-21(11-13-23)32-18-19-4-2-1-3-5-19;7-6-1-3-8(5-9)4-2-6;1-2/h6-13,19H,1-5,14-18H2;5-6H,1-4,7H2;1-2H3. The summed E-state index contributed by atoms with van der Waals surface area (Å²) >= 11 is 1.65. The van der Waals surface area contributed by atoms with E-state index in [4.69, 9.17) is 10.5 Å². The monoisotopic (exact) mass is 652 g/mol. The number of carbonyl (C=O) groups is 2. The number of nitrogens with two attached hydrogens (primary N) is 1. The van der Waals surface area contributed by atoms with Gasteiger partial charge in [0.25, 0.3) is 5.91 Å². The van der Waals surface area contributed by atoms with Crippen molar-refractivity contribution in [3.05, 3.63) is 54.1 Å². The highest BCUT2D eigenvalue weighted by molar-refractivity contribution is 7.97. The average Bonchev–Trinajstić information content (AvgIpc) is 3.06. The molecule has 1 saturated carbocycles. The molecule has 2 saturated heterocycles. The van der Waals surface area contributed by atoms with E-state index in [1.807, 2.05) is 26.0 Å². The molecule has 0 unspecified atom stereocenters. The predicted molar refractivity (Wildman–Crippen MR) is 171 cm³/mol. The van der Waals surface area contributed by atoms with Gasteiger partial charge in [-0.05, 0) is 92.1 Å². The van der Waals surface area contributed by atoms with Crippen molar-refractivity contribution in [3.8, 4) is 11.5 Å². The molecule has 0 aromatic heterocycles. The topological polar surface area (TPSA) is 88.3 Å². The van der Waals surface area contributed by atoms with Crippen molar-refractivity contribution in [1.82, 2.24) is 14.1 Å². The van der Waals surface area contributed by atoms with Crippen LogP contribution in [-0.2, 0) is 4.79 Å². The first-order valence-electron chi connectivity index (χ1n) is 15.9. The summed E-state index contributed by atoms with van der Waals surface area (Å²) in [4.78, 5) is 27.5.